The number of primary amides is 1. The summed E-state index contributed by atoms with van der Waals surface area (Å²) in [5, 5.41) is 0. The van der Waals surface area contributed by atoms with Crippen LogP contribution in [0.4, 0.5) is 0 Å². The second kappa shape index (κ2) is 4.64. The summed E-state index contributed by atoms with van der Waals surface area (Å²) >= 11 is 0. The number of amides is 1. The van der Waals surface area contributed by atoms with Gasteiger partial charge < -0.3 is 15.2 Å². The van der Waals surface area contributed by atoms with E-state index in [0.29, 0.717) is 0 Å². The van der Waals surface area contributed by atoms with Gasteiger partial charge >= 0.3 is 5.97 Å². The molecule has 2 atom stereocenters. The number of epoxide rings is 1. The number of carbonyl (C=O) groups is 2. The summed E-state index contributed by atoms with van der Waals surface area (Å²) in [6.45, 7) is 1.93. The van der Waals surface area contributed by atoms with Gasteiger partial charge in [0.25, 0.3) is 11.5 Å². The fourth-order valence-corrected chi connectivity index (χ4v) is 2.73. The van der Waals surface area contributed by atoms with Crippen molar-refractivity contribution in [2.75, 3.05) is 6.61 Å². The van der Waals surface area contributed by atoms with Crippen LogP contribution in [-0.2, 0) is 19.1 Å². The molecule has 0 radical (unpaired) electrons. The van der Waals surface area contributed by atoms with E-state index >= 15 is 0 Å². The summed E-state index contributed by atoms with van der Waals surface area (Å²) in [4.78, 5) is 23.2. The van der Waals surface area contributed by atoms with Gasteiger partial charge in [0.2, 0.25) is 0 Å². The lowest BCUT2D eigenvalue weighted by atomic mass is 9.82. The minimum atomic E-state index is -1.49. The molecule has 96 valence electrons. The quantitative estimate of drug-likeness (QED) is 0.447. The maximum Gasteiger partial charge on any atom is 0.351 e. The predicted molar refractivity (Wildman–Crippen MR) is 60.0 cm³/mol. The predicted octanol–water partition coefficient (Wildman–Crippen LogP) is 0.753. The van der Waals surface area contributed by atoms with Crippen LogP contribution < -0.4 is 5.73 Å². The fraction of sp³-hybridized carbons (Fsp3) is 0.833. The highest BCUT2D eigenvalue weighted by Crippen LogP contribution is 2.47. The van der Waals surface area contributed by atoms with Crippen molar-refractivity contribution in [2.45, 2.75) is 50.7 Å². The highest BCUT2D eigenvalue weighted by molar-refractivity contribution is 6.09. The number of esters is 1. The topological polar surface area (TPSA) is 81.9 Å². The average molecular weight is 241 g/mol. The number of ether oxygens (including phenoxy) is 2. The van der Waals surface area contributed by atoms with Crippen LogP contribution >= 0.6 is 0 Å². The Bertz CT molecular complexity index is 324. The normalized spacial score (nSPS) is 33.1. The van der Waals surface area contributed by atoms with Crippen LogP contribution in [0.3, 0.4) is 0 Å². The number of rotatable bonds is 4. The van der Waals surface area contributed by atoms with Crippen molar-refractivity contribution in [3.63, 3.8) is 0 Å². The maximum atomic E-state index is 11.8. The van der Waals surface area contributed by atoms with Gasteiger partial charge in [-0.25, -0.2) is 4.79 Å². The summed E-state index contributed by atoms with van der Waals surface area (Å²) in [6.07, 6.45) is 5.11. The van der Waals surface area contributed by atoms with E-state index in [9.17, 15) is 9.59 Å². The molecule has 2 N–H and O–H groups in total. The van der Waals surface area contributed by atoms with Crippen LogP contribution in [0.5, 0.6) is 0 Å². The Hall–Kier alpha value is -1.10. The molecule has 1 saturated carbocycles. The fourth-order valence-electron chi connectivity index (χ4n) is 2.73. The van der Waals surface area contributed by atoms with E-state index in [-0.39, 0.29) is 18.6 Å². The minimum absolute atomic E-state index is 0.231. The van der Waals surface area contributed by atoms with E-state index in [4.69, 9.17) is 15.2 Å². The highest BCUT2D eigenvalue weighted by atomic mass is 16.7. The third kappa shape index (κ3) is 2.04. The van der Waals surface area contributed by atoms with Crippen LogP contribution in [0.15, 0.2) is 0 Å². The lowest BCUT2D eigenvalue weighted by molar-refractivity contribution is -0.153. The Labute approximate surface area is 101 Å². The molecular weight excluding hydrogens is 222 g/mol. The lowest BCUT2D eigenvalue weighted by Crippen LogP contribution is -2.44. The van der Waals surface area contributed by atoms with Crippen LogP contribution in [0.25, 0.3) is 0 Å². The molecule has 2 aliphatic rings. The monoisotopic (exact) mass is 241 g/mol. The van der Waals surface area contributed by atoms with Gasteiger partial charge in [-0.15, -0.1) is 0 Å². The molecule has 5 heteroatoms. The van der Waals surface area contributed by atoms with Gasteiger partial charge in [0.05, 0.1) is 6.61 Å². The standard InChI is InChI=1S/C12H19NO4/c1-2-16-11(15)12(10(13)14)9(17-12)8-6-4-3-5-7-8/h8-9H,2-7H2,1H3,(H2,13,14). The third-order valence-electron chi connectivity index (χ3n) is 3.68. The molecule has 1 amide bonds. The van der Waals surface area contributed by atoms with E-state index in [1.54, 1.807) is 6.92 Å². The van der Waals surface area contributed by atoms with Crippen LogP contribution in [0, 0.1) is 5.92 Å². The summed E-state index contributed by atoms with van der Waals surface area (Å²) in [6, 6.07) is 0. The zero-order valence-electron chi connectivity index (χ0n) is 10.1. The molecule has 17 heavy (non-hydrogen) atoms. The summed E-state index contributed by atoms with van der Waals surface area (Å²) < 4.78 is 10.3. The van der Waals surface area contributed by atoms with Crippen molar-refractivity contribution >= 4 is 11.9 Å². The molecule has 5 nitrogen and oxygen atoms in total. The largest absolute Gasteiger partial charge is 0.463 e. The first-order chi connectivity index (χ1) is 8.13. The van der Waals surface area contributed by atoms with Crippen molar-refractivity contribution in [3.8, 4) is 0 Å². The molecule has 1 aliphatic carbocycles. The Kier molecular flexibility index (Phi) is 3.38. The van der Waals surface area contributed by atoms with E-state index in [2.05, 4.69) is 0 Å². The van der Waals surface area contributed by atoms with Gasteiger partial charge in [0.15, 0.2) is 0 Å². The van der Waals surface area contributed by atoms with Gasteiger partial charge in [0, 0.05) is 0 Å². The van der Waals surface area contributed by atoms with Crippen molar-refractivity contribution in [1.29, 1.82) is 0 Å². The Morgan fingerprint density at radius 1 is 1.35 bits per heavy atom. The van der Waals surface area contributed by atoms with E-state index in [1.807, 2.05) is 0 Å². The third-order valence-corrected chi connectivity index (χ3v) is 3.68. The number of nitrogens with two attached hydrogens (primary N) is 1. The Balaban J connectivity index is 2.06. The number of carbonyl (C=O) groups excluding carboxylic acids is 2. The minimum Gasteiger partial charge on any atom is -0.463 e. The second-order valence-corrected chi connectivity index (χ2v) is 4.76. The van der Waals surface area contributed by atoms with Crippen molar-refractivity contribution < 1.29 is 19.1 Å². The summed E-state index contributed by atoms with van der Waals surface area (Å²) in [7, 11) is 0. The molecule has 1 aliphatic heterocycles. The van der Waals surface area contributed by atoms with Gasteiger partial charge in [-0.2, -0.15) is 0 Å². The van der Waals surface area contributed by atoms with Crippen LogP contribution in [-0.4, -0.2) is 30.2 Å². The zero-order chi connectivity index (χ0) is 12.5. The first-order valence-corrected chi connectivity index (χ1v) is 6.28. The second-order valence-electron chi connectivity index (χ2n) is 4.76. The van der Waals surface area contributed by atoms with E-state index in [0.717, 1.165) is 25.7 Å². The molecule has 0 bridgehead atoms. The van der Waals surface area contributed by atoms with Gasteiger partial charge in [-0.1, -0.05) is 19.3 Å². The lowest BCUT2D eigenvalue weighted by Gasteiger charge is -2.20. The molecule has 1 heterocycles. The first-order valence-electron chi connectivity index (χ1n) is 6.28. The molecule has 1 saturated heterocycles. The molecule has 0 aromatic carbocycles. The smallest absolute Gasteiger partial charge is 0.351 e. The van der Waals surface area contributed by atoms with E-state index < -0.39 is 17.5 Å². The summed E-state index contributed by atoms with van der Waals surface area (Å²) in [5.74, 6) is -1.07. The van der Waals surface area contributed by atoms with Gasteiger partial charge in [-0.3, -0.25) is 4.79 Å². The van der Waals surface area contributed by atoms with Gasteiger partial charge in [0.1, 0.15) is 6.10 Å². The molecule has 2 fully saturated rings. The molecular formula is C12H19NO4. The van der Waals surface area contributed by atoms with Crippen molar-refractivity contribution in [1.82, 2.24) is 0 Å². The van der Waals surface area contributed by atoms with Crippen molar-refractivity contribution in [3.05, 3.63) is 0 Å². The van der Waals surface area contributed by atoms with Crippen LogP contribution in [0.1, 0.15) is 39.0 Å². The number of hydrogen-bond donors (Lipinski definition) is 1. The zero-order valence-corrected chi connectivity index (χ0v) is 10.1. The molecule has 0 aromatic rings. The Morgan fingerprint density at radius 2 is 2.00 bits per heavy atom. The van der Waals surface area contributed by atoms with Gasteiger partial charge in [-0.05, 0) is 25.7 Å². The van der Waals surface area contributed by atoms with Crippen LogP contribution in [0.2, 0.25) is 0 Å². The Morgan fingerprint density at radius 3 is 2.53 bits per heavy atom. The SMILES string of the molecule is CCOC(=O)C1(C(N)=O)OC1C1CCCCC1. The van der Waals surface area contributed by atoms with Crippen molar-refractivity contribution in [2.24, 2.45) is 11.7 Å². The molecule has 0 spiro atoms. The maximum absolute atomic E-state index is 11.8. The van der Waals surface area contributed by atoms with E-state index in [1.165, 1.54) is 6.42 Å². The molecule has 2 rings (SSSR count). The molecule has 2 unspecified atom stereocenters. The summed E-state index contributed by atoms with van der Waals surface area (Å²) in [5.41, 5.74) is 3.81. The molecule has 0 aromatic heterocycles. The first kappa shape index (κ1) is 12.4. The highest BCUT2D eigenvalue weighted by Gasteiger charge is 2.70. The number of hydrogen-bond acceptors (Lipinski definition) is 4. The average Bonchev–Trinajstić information content (AvgIpc) is 3.07.